The molecule has 0 saturated carbocycles. The average Bonchev–Trinajstić information content (AvgIpc) is 2.82. The first-order chi connectivity index (χ1) is 16.3. The number of carbonyl (C=O) groups is 1. The number of esters is 1. The van der Waals surface area contributed by atoms with Crippen molar-refractivity contribution in [1.82, 2.24) is 4.98 Å². The Labute approximate surface area is 198 Å². The van der Waals surface area contributed by atoms with E-state index in [2.05, 4.69) is 13.8 Å². The lowest BCUT2D eigenvalue weighted by Gasteiger charge is -2.24. The number of carbonyl (C=O) groups excluding carboxylic acids is 1. The Morgan fingerprint density at radius 1 is 1.12 bits per heavy atom. The van der Waals surface area contributed by atoms with Gasteiger partial charge >= 0.3 is 5.97 Å². The lowest BCUT2D eigenvalue weighted by Crippen LogP contribution is -2.31. The van der Waals surface area contributed by atoms with Crippen molar-refractivity contribution in [2.24, 2.45) is 0 Å². The molecule has 2 aromatic carbocycles. The molecule has 3 aromatic rings. The molecule has 2 atom stereocenters. The fourth-order valence-electron chi connectivity index (χ4n) is 4.10. The van der Waals surface area contributed by atoms with Crippen molar-refractivity contribution in [1.29, 1.82) is 0 Å². The number of aliphatic hydroxyl groups is 1. The molecule has 1 aliphatic rings. The van der Waals surface area contributed by atoms with Gasteiger partial charge in [-0.1, -0.05) is 32.1 Å². The van der Waals surface area contributed by atoms with E-state index in [-0.39, 0.29) is 18.2 Å². The fraction of sp³-hybridized carbons (Fsp3) is 0.286. The summed E-state index contributed by atoms with van der Waals surface area (Å²) in [6.07, 6.45) is 2.91. The average molecular weight is 462 g/mol. The molecule has 4 rings (SSSR count). The molecule has 1 fully saturated rings. The summed E-state index contributed by atoms with van der Waals surface area (Å²) in [7, 11) is 1.62. The highest BCUT2D eigenvalue weighted by molar-refractivity contribution is 5.81. The van der Waals surface area contributed by atoms with Gasteiger partial charge in [-0.05, 0) is 65.6 Å². The molecule has 0 spiro atoms. The summed E-state index contributed by atoms with van der Waals surface area (Å²) in [5.74, 6) is 0.141. The molecule has 0 radical (unpaired) electrons. The molecule has 34 heavy (non-hydrogen) atoms. The van der Waals surface area contributed by atoms with Gasteiger partial charge in [-0.25, -0.2) is 4.39 Å². The van der Waals surface area contributed by atoms with Crippen molar-refractivity contribution in [3.8, 4) is 28.1 Å². The molecule has 1 saturated heterocycles. The Morgan fingerprint density at radius 2 is 1.79 bits per heavy atom. The molecule has 1 N–H and O–H groups in total. The Balaban J connectivity index is 1.85. The van der Waals surface area contributed by atoms with Crippen molar-refractivity contribution in [3.05, 3.63) is 77.7 Å². The first-order valence-electron chi connectivity index (χ1n) is 11.3. The maximum absolute atomic E-state index is 13.5. The Bertz CT molecular complexity index is 1190. The third-order valence-corrected chi connectivity index (χ3v) is 5.84. The van der Waals surface area contributed by atoms with E-state index < -0.39 is 18.2 Å². The van der Waals surface area contributed by atoms with E-state index in [4.69, 9.17) is 14.5 Å². The maximum atomic E-state index is 13.5. The molecular weight excluding hydrogens is 433 g/mol. The van der Waals surface area contributed by atoms with Crippen LogP contribution in [0.25, 0.3) is 28.5 Å². The Hall–Kier alpha value is -3.51. The predicted octanol–water partition coefficient (Wildman–Crippen LogP) is 5.77. The standard InChI is InChI=1S/C28H28FNO4/c1-17(2)28-24(13-12-23-14-21(31)15-27(32)34-23)25(18-6-10-22(33-3)11-7-18)16-26(30-28)19-4-8-20(29)9-5-19/h4-13,16-17,21,23,31H,14-15H2,1-3H3/t21-,23-/m1/s1. The molecular formula is C28H28FNO4. The largest absolute Gasteiger partial charge is 0.497 e. The van der Waals surface area contributed by atoms with Crippen molar-refractivity contribution in [3.63, 3.8) is 0 Å². The number of halogens is 1. The van der Waals surface area contributed by atoms with Crippen LogP contribution in [0.15, 0.2) is 60.7 Å². The zero-order valence-electron chi connectivity index (χ0n) is 19.5. The highest BCUT2D eigenvalue weighted by Crippen LogP contribution is 2.35. The van der Waals surface area contributed by atoms with Gasteiger partial charge in [0.2, 0.25) is 0 Å². The number of benzene rings is 2. The summed E-state index contributed by atoms with van der Waals surface area (Å²) in [5, 5.41) is 9.97. The van der Waals surface area contributed by atoms with E-state index >= 15 is 0 Å². The maximum Gasteiger partial charge on any atom is 0.309 e. The van der Waals surface area contributed by atoms with Gasteiger partial charge in [0.15, 0.2) is 0 Å². The van der Waals surface area contributed by atoms with Crippen molar-refractivity contribution < 1.29 is 23.8 Å². The molecule has 0 aliphatic carbocycles. The van der Waals surface area contributed by atoms with Crippen LogP contribution in [0.4, 0.5) is 4.39 Å². The second-order valence-electron chi connectivity index (χ2n) is 8.73. The summed E-state index contributed by atoms with van der Waals surface area (Å²) in [6, 6.07) is 16.0. The van der Waals surface area contributed by atoms with E-state index in [0.717, 1.165) is 39.4 Å². The molecule has 2 heterocycles. The van der Waals surface area contributed by atoms with Crippen molar-refractivity contribution in [2.75, 3.05) is 7.11 Å². The van der Waals surface area contributed by atoms with Gasteiger partial charge < -0.3 is 14.6 Å². The number of cyclic esters (lactones) is 1. The highest BCUT2D eigenvalue weighted by Gasteiger charge is 2.25. The zero-order chi connectivity index (χ0) is 24.2. The minimum absolute atomic E-state index is 0.0204. The molecule has 5 nitrogen and oxygen atoms in total. The van der Waals surface area contributed by atoms with Crippen LogP contribution < -0.4 is 4.74 Å². The van der Waals surface area contributed by atoms with E-state index in [9.17, 15) is 14.3 Å². The monoisotopic (exact) mass is 461 g/mol. The zero-order valence-corrected chi connectivity index (χ0v) is 19.5. The van der Waals surface area contributed by atoms with Gasteiger partial charge in [0.25, 0.3) is 0 Å². The minimum atomic E-state index is -0.708. The fourth-order valence-corrected chi connectivity index (χ4v) is 4.10. The van der Waals surface area contributed by atoms with E-state index in [1.165, 1.54) is 12.1 Å². The van der Waals surface area contributed by atoms with Gasteiger partial charge in [0, 0.05) is 17.5 Å². The number of rotatable bonds is 6. The van der Waals surface area contributed by atoms with Gasteiger partial charge in [-0.3, -0.25) is 9.78 Å². The third kappa shape index (κ3) is 5.34. The third-order valence-electron chi connectivity index (χ3n) is 5.84. The van der Waals surface area contributed by atoms with Gasteiger partial charge in [0.05, 0.1) is 31.0 Å². The van der Waals surface area contributed by atoms with E-state index in [1.807, 2.05) is 42.5 Å². The summed E-state index contributed by atoms with van der Waals surface area (Å²) in [4.78, 5) is 16.7. The van der Waals surface area contributed by atoms with Gasteiger partial charge in [-0.15, -0.1) is 0 Å². The quantitative estimate of drug-likeness (QED) is 0.472. The lowest BCUT2D eigenvalue weighted by molar-refractivity contribution is -0.156. The first kappa shape index (κ1) is 23.6. The normalized spacial score (nSPS) is 18.4. The summed E-state index contributed by atoms with van der Waals surface area (Å²) < 4.78 is 24.2. The number of aliphatic hydroxyl groups excluding tert-OH is 1. The van der Waals surface area contributed by atoms with Gasteiger partial charge in [0.1, 0.15) is 17.7 Å². The number of ether oxygens (including phenoxy) is 2. The second kappa shape index (κ2) is 10.2. The molecule has 176 valence electrons. The number of hydrogen-bond acceptors (Lipinski definition) is 5. The van der Waals surface area contributed by atoms with Crippen LogP contribution in [-0.2, 0) is 9.53 Å². The van der Waals surface area contributed by atoms with Crippen LogP contribution in [-0.4, -0.2) is 35.4 Å². The SMILES string of the molecule is COc1ccc(-c2cc(-c3ccc(F)cc3)nc(C(C)C)c2C=C[C@@H]2C[C@@H](O)CC(=O)O2)cc1. The van der Waals surface area contributed by atoms with Crippen LogP contribution in [0.5, 0.6) is 5.75 Å². The lowest BCUT2D eigenvalue weighted by atomic mass is 9.91. The minimum Gasteiger partial charge on any atom is -0.497 e. The van der Waals surface area contributed by atoms with Gasteiger partial charge in [-0.2, -0.15) is 0 Å². The molecule has 0 bridgehead atoms. The van der Waals surface area contributed by atoms with Crippen molar-refractivity contribution >= 4 is 12.0 Å². The summed E-state index contributed by atoms with van der Waals surface area (Å²) in [5.41, 5.74) is 5.24. The van der Waals surface area contributed by atoms with E-state index in [1.54, 1.807) is 19.2 Å². The molecule has 0 unspecified atom stereocenters. The number of methoxy groups -OCH3 is 1. The number of nitrogens with zero attached hydrogens (tertiary/aromatic N) is 1. The van der Waals surface area contributed by atoms with Crippen LogP contribution in [0.3, 0.4) is 0 Å². The first-order valence-corrected chi connectivity index (χ1v) is 11.3. The Kier molecular flexibility index (Phi) is 7.08. The number of pyridine rings is 1. The van der Waals surface area contributed by atoms with E-state index in [0.29, 0.717) is 6.42 Å². The molecule has 1 aromatic heterocycles. The molecule has 1 aliphatic heterocycles. The smallest absolute Gasteiger partial charge is 0.309 e. The van der Waals surface area contributed by atoms with Crippen molar-refractivity contribution in [2.45, 2.75) is 44.8 Å². The summed E-state index contributed by atoms with van der Waals surface area (Å²) >= 11 is 0. The molecule has 6 heteroatoms. The second-order valence-corrected chi connectivity index (χ2v) is 8.73. The topological polar surface area (TPSA) is 68.7 Å². The molecule has 0 amide bonds. The predicted molar refractivity (Wildman–Crippen MR) is 130 cm³/mol. The number of aromatic nitrogens is 1. The van der Waals surface area contributed by atoms with Crippen LogP contribution in [0.2, 0.25) is 0 Å². The van der Waals surface area contributed by atoms with Crippen LogP contribution in [0, 0.1) is 5.82 Å². The number of hydrogen-bond donors (Lipinski definition) is 1. The highest BCUT2D eigenvalue weighted by atomic mass is 19.1. The van der Waals surface area contributed by atoms with Crippen LogP contribution >= 0.6 is 0 Å². The van der Waals surface area contributed by atoms with Crippen LogP contribution in [0.1, 0.15) is 43.9 Å². The summed E-state index contributed by atoms with van der Waals surface area (Å²) in [6.45, 7) is 4.13. The Morgan fingerprint density at radius 3 is 2.41 bits per heavy atom.